The third-order valence-corrected chi connectivity index (χ3v) is 2.24. The zero-order valence-electron chi connectivity index (χ0n) is 7.46. The number of hydrogen-bond donors (Lipinski definition) is 1. The highest BCUT2D eigenvalue weighted by Gasteiger charge is 2.03. The molecule has 5 nitrogen and oxygen atoms in total. The van der Waals surface area contributed by atoms with E-state index < -0.39 is 10.1 Å². The Balaban J connectivity index is 2.23. The van der Waals surface area contributed by atoms with Gasteiger partial charge in [0.2, 0.25) is 5.88 Å². The van der Waals surface area contributed by atoms with Crippen molar-refractivity contribution in [3.8, 4) is 5.88 Å². The minimum atomic E-state index is -3.88. The molecule has 0 aromatic carbocycles. The summed E-state index contributed by atoms with van der Waals surface area (Å²) in [6.45, 7) is 0.219. The molecule has 0 spiro atoms. The number of nitrogens with zero attached hydrogens (tertiary/aromatic N) is 1. The Kier molecular flexibility index (Phi) is 3.84. The number of ether oxygens (including phenoxy) is 1. The van der Waals surface area contributed by atoms with Gasteiger partial charge in [0.1, 0.15) is 0 Å². The fourth-order valence-electron chi connectivity index (χ4n) is 0.851. The first kappa shape index (κ1) is 10.9. The summed E-state index contributed by atoms with van der Waals surface area (Å²) < 4.78 is 34.2. The Morgan fingerprint density at radius 2 is 2.21 bits per heavy atom. The first-order chi connectivity index (χ1) is 6.58. The monoisotopic (exact) mass is 217 g/mol. The van der Waals surface area contributed by atoms with Gasteiger partial charge in [-0.2, -0.15) is 8.42 Å². The van der Waals surface area contributed by atoms with E-state index in [2.05, 4.69) is 4.98 Å². The second-order valence-corrected chi connectivity index (χ2v) is 4.23. The molecule has 0 radical (unpaired) electrons. The van der Waals surface area contributed by atoms with Gasteiger partial charge in [0.05, 0.1) is 12.4 Å². The SMILES string of the molecule is O=S(=O)(O)CCCOc1ccccn1. The van der Waals surface area contributed by atoms with Crippen molar-refractivity contribution < 1.29 is 17.7 Å². The zero-order valence-corrected chi connectivity index (χ0v) is 8.27. The van der Waals surface area contributed by atoms with E-state index in [1.807, 2.05) is 0 Å². The Labute approximate surface area is 82.5 Å². The number of rotatable bonds is 5. The molecular weight excluding hydrogens is 206 g/mol. The van der Waals surface area contributed by atoms with Gasteiger partial charge >= 0.3 is 0 Å². The molecule has 6 heteroatoms. The maximum atomic E-state index is 10.3. The van der Waals surface area contributed by atoms with Gasteiger partial charge in [-0.05, 0) is 12.5 Å². The molecule has 0 aliphatic rings. The summed E-state index contributed by atoms with van der Waals surface area (Å²) in [5.74, 6) is 0.155. The van der Waals surface area contributed by atoms with Crippen molar-refractivity contribution in [2.45, 2.75) is 6.42 Å². The van der Waals surface area contributed by atoms with Gasteiger partial charge in [0.15, 0.2) is 0 Å². The molecule has 1 aromatic rings. The lowest BCUT2D eigenvalue weighted by molar-refractivity contribution is 0.304. The van der Waals surface area contributed by atoms with Gasteiger partial charge in [-0.1, -0.05) is 6.07 Å². The van der Waals surface area contributed by atoms with Crippen LogP contribution in [-0.4, -0.2) is 30.3 Å². The maximum Gasteiger partial charge on any atom is 0.264 e. The van der Waals surface area contributed by atoms with Crippen molar-refractivity contribution in [1.82, 2.24) is 4.98 Å². The molecule has 14 heavy (non-hydrogen) atoms. The molecule has 0 atom stereocenters. The molecular formula is C8H11NO4S. The Morgan fingerprint density at radius 1 is 1.43 bits per heavy atom. The number of aromatic nitrogens is 1. The van der Waals surface area contributed by atoms with E-state index in [9.17, 15) is 8.42 Å². The predicted molar refractivity (Wildman–Crippen MR) is 50.8 cm³/mol. The van der Waals surface area contributed by atoms with Crippen molar-refractivity contribution in [2.75, 3.05) is 12.4 Å². The smallest absolute Gasteiger partial charge is 0.264 e. The third kappa shape index (κ3) is 4.78. The fraction of sp³-hybridized carbons (Fsp3) is 0.375. The van der Waals surface area contributed by atoms with Crippen LogP contribution >= 0.6 is 0 Å². The summed E-state index contributed by atoms with van der Waals surface area (Å²) in [6.07, 6.45) is 1.83. The maximum absolute atomic E-state index is 10.3. The summed E-state index contributed by atoms with van der Waals surface area (Å²) in [7, 11) is -3.88. The molecule has 0 amide bonds. The molecule has 78 valence electrons. The molecule has 1 aromatic heterocycles. The summed E-state index contributed by atoms with van der Waals surface area (Å²) in [5, 5.41) is 0. The van der Waals surface area contributed by atoms with Crippen LogP contribution in [0.25, 0.3) is 0 Å². The lowest BCUT2D eigenvalue weighted by atomic mass is 10.5. The molecule has 1 heterocycles. The molecule has 0 fully saturated rings. The van der Waals surface area contributed by atoms with E-state index in [1.165, 1.54) is 0 Å². The van der Waals surface area contributed by atoms with Crippen LogP contribution in [0.3, 0.4) is 0 Å². The molecule has 0 bridgehead atoms. The molecule has 0 saturated carbocycles. The normalized spacial score (nSPS) is 11.2. The van der Waals surface area contributed by atoms with Crippen LogP contribution in [0.1, 0.15) is 6.42 Å². The second-order valence-electron chi connectivity index (χ2n) is 2.66. The van der Waals surface area contributed by atoms with Gasteiger partial charge in [0, 0.05) is 12.3 Å². The average Bonchev–Trinajstić information content (AvgIpc) is 2.13. The molecule has 0 aliphatic heterocycles. The number of pyridine rings is 1. The summed E-state index contributed by atoms with van der Waals surface area (Å²) in [4.78, 5) is 3.88. The van der Waals surface area contributed by atoms with Crippen molar-refractivity contribution >= 4 is 10.1 Å². The summed E-state index contributed by atoms with van der Waals surface area (Å²) >= 11 is 0. The highest BCUT2D eigenvalue weighted by molar-refractivity contribution is 7.85. The van der Waals surface area contributed by atoms with Crippen molar-refractivity contribution in [2.24, 2.45) is 0 Å². The van der Waals surface area contributed by atoms with Gasteiger partial charge in [-0.3, -0.25) is 4.55 Å². The predicted octanol–water partition coefficient (Wildman–Crippen LogP) is 0.738. The van der Waals surface area contributed by atoms with Crippen LogP contribution in [0.2, 0.25) is 0 Å². The quantitative estimate of drug-likeness (QED) is 0.581. The van der Waals surface area contributed by atoms with Gasteiger partial charge in [-0.15, -0.1) is 0 Å². The molecule has 1 N–H and O–H groups in total. The second kappa shape index (κ2) is 4.92. The van der Waals surface area contributed by atoms with Crippen LogP contribution in [0, 0.1) is 0 Å². The van der Waals surface area contributed by atoms with Crippen LogP contribution in [0.15, 0.2) is 24.4 Å². The Bertz CT molecular complexity index is 362. The minimum Gasteiger partial charge on any atom is -0.478 e. The standard InChI is InChI=1S/C8H11NO4S/c10-14(11,12)7-3-6-13-8-4-1-2-5-9-8/h1-2,4-5H,3,6-7H2,(H,10,11,12). The zero-order chi connectivity index (χ0) is 10.4. The van der Waals surface area contributed by atoms with Crippen LogP contribution < -0.4 is 4.74 Å². The Hall–Kier alpha value is -1.14. The third-order valence-electron chi connectivity index (χ3n) is 1.43. The van der Waals surface area contributed by atoms with Crippen LogP contribution in [0.5, 0.6) is 5.88 Å². The highest BCUT2D eigenvalue weighted by Crippen LogP contribution is 2.03. The van der Waals surface area contributed by atoms with Crippen molar-refractivity contribution in [1.29, 1.82) is 0 Å². The van der Waals surface area contributed by atoms with E-state index >= 15 is 0 Å². The summed E-state index contributed by atoms with van der Waals surface area (Å²) in [5.41, 5.74) is 0. The van der Waals surface area contributed by atoms with Crippen molar-refractivity contribution in [3.63, 3.8) is 0 Å². The van der Waals surface area contributed by atoms with Crippen molar-refractivity contribution in [3.05, 3.63) is 24.4 Å². The van der Waals surface area contributed by atoms with Gasteiger partial charge in [0.25, 0.3) is 10.1 Å². The lowest BCUT2D eigenvalue weighted by Gasteiger charge is -2.02. The molecule has 0 saturated heterocycles. The molecule has 1 rings (SSSR count). The first-order valence-electron chi connectivity index (χ1n) is 4.07. The van der Waals surface area contributed by atoms with E-state index in [-0.39, 0.29) is 18.8 Å². The van der Waals surface area contributed by atoms with Crippen LogP contribution in [0.4, 0.5) is 0 Å². The van der Waals surface area contributed by atoms with Crippen LogP contribution in [-0.2, 0) is 10.1 Å². The van der Waals surface area contributed by atoms with Gasteiger partial charge in [-0.25, -0.2) is 4.98 Å². The fourth-order valence-corrected chi connectivity index (χ4v) is 1.33. The van der Waals surface area contributed by atoms with E-state index in [0.717, 1.165) is 0 Å². The minimum absolute atomic E-state index is 0.219. The van der Waals surface area contributed by atoms with E-state index in [4.69, 9.17) is 9.29 Å². The number of hydrogen-bond acceptors (Lipinski definition) is 4. The first-order valence-corrected chi connectivity index (χ1v) is 5.68. The Morgan fingerprint density at radius 3 is 2.79 bits per heavy atom. The molecule has 0 unspecified atom stereocenters. The topological polar surface area (TPSA) is 76.5 Å². The lowest BCUT2D eigenvalue weighted by Crippen LogP contribution is -2.08. The largest absolute Gasteiger partial charge is 0.478 e. The summed E-state index contributed by atoms with van der Waals surface area (Å²) in [6, 6.07) is 5.20. The average molecular weight is 217 g/mol. The van der Waals surface area contributed by atoms with Gasteiger partial charge < -0.3 is 4.74 Å². The highest BCUT2D eigenvalue weighted by atomic mass is 32.2. The van der Waals surface area contributed by atoms with E-state index in [1.54, 1.807) is 24.4 Å². The molecule has 0 aliphatic carbocycles. The van der Waals surface area contributed by atoms with E-state index in [0.29, 0.717) is 5.88 Å².